The second-order valence-electron chi connectivity index (χ2n) is 5.00. The lowest BCUT2D eigenvalue weighted by molar-refractivity contribution is 0.371. The topological polar surface area (TPSA) is 78.1 Å². The molecule has 0 spiro atoms. The second-order valence-corrected chi connectivity index (χ2v) is 5.00. The van der Waals surface area contributed by atoms with Gasteiger partial charge < -0.3 is 14.7 Å². The Morgan fingerprint density at radius 3 is 2.71 bits per heavy atom. The number of rotatable bonds is 5. The van der Waals surface area contributed by atoms with E-state index in [9.17, 15) is 0 Å². The molecule has 5 heteroatoms. The lowest BCUT2D eigenvalue weighted by Crippen LogP contribution is -2.11. The van der Waals surface area contributed by atoms with Gasteiger partial charge in [0.15, 0.2) is 5.76 Å². The number of aryl methyl sites for hydroxylation is 2. The quantitative estimate of drug-likeness (QED) is 0.777. The van der Waals surface area contributed by atoms with Crippen LogP contribution in [0.5, 0.6) is 0 Å². The highest BCUT2D eigenvalue weighted by molar-refractivity contribution is 5.50. The van der Waals surface area contributed by atoms with E-state index in [1.165, 1.54) is 0 Å². The van der Waals surface area contributed by atoms with Crippen molar-refractivity contribution in [1.29, 1.82) is 0 Å². The molecule has 2 aromatic heterocycles. The van der Waals surface area contributed by atoms with Crippen molar-refractivity contribution in [2.45, 2.75) is 25.8 Å². The molecule has 1 atom stereocenters. The fraction of sp³-hybridized carbons (Fsp3) is 0.250. The molecule has 0 aliphatic rings. The fourth-order valence-corrected chi connectivity index (χ4v) is 2.20. The molecule has 21 heavy (non-hydrogen) atoms. The lowest BCUT2D eigenvalue weighted by Gasteiger charge is -2.09. The van der Waals surface area contributed by atoms with E-state index >= 15 is 0 Å². The number of hydrogen-bond donors (Lipinski definition) is 1. The van der Waals surface area contributed by atoms with E-state index in [2.05, 4.69) is 10.1 Å². The smallest absolute Gasteiger partial charge is 0.238 e. The Labute approximate surface area is 122 Å². The third kappa shape index (κ3) is 3.03. The van der Waals surface area contributed by atoms with E-state index in [1.807, 2.05) is 43.3 Å². The number of aromatic nitrogens is 2. The van der Waals surface area contributed by atoms with Crippen LogP contribution in [0.3, 0.4) is 0 Å². The van der Waals surface area contributed by atoms with E-state index in [0.29, 0.717) is 23.9 Å². The van der Waals surface area contributed by atoms with E-state index in [-0.39, 0.29) is 6.04 Å². The van der Waals surface area contributed by atoms with Crippen molar-refractivity contribution in [2.24, 2.45) is 5.73 Å². The van der Waals surface area contributed by atoms with Gasteiger partial charge in [-0.1, -0.05) is 35.5 Å². The van der Waals surface area contributed by atoms with Crippen LogP contribution in [0.25, 0.3) is 11.6 Å². The van der Waals surface area contributed by atoms with Gasteiger partial charge in [-0.2, -0.15) is 4.98 Å². The van der Waals surface area contributed by atoms with Crippen LogP contribution >= 0.6 is 0 Å². The molecule has 3 aromatic rings. The summed E-state index contributed by atoms with van der Waals surface area (Å²) in [6.07, 6.45) is 3.01. The van der Waals surface area contributed by atoms with Gasteiger partial charge in [0, 0.05) is 12.5 Å². The minimum Gasteiger partial charge on any atom is -0.461 e. The van der Waals surface area contributed by atoms with Crippen LogP contribution in [-0.2, 0) is 6.42 Å². The van der Waals surface area contributed by atoms with Crippen molar-refractivity contribution in [3.05, 3.63) is 59.7 Å². The first kappa shape index (κ1) is 13.6. The van der Waals surface area contributed by atoms with Crippen LogP contribution in [0.1, 0.15) is 29.5 Å². The maximum Gasteiger partial charge on any atom is 0.238 e. The molecule has 1 aromatic carbocycles. The van der Waals surface area contributed by atoms with Crippen LogP contribution in [0, 0.1) is 6.92 Å². The number of nitrogens with two attached hydrogens (primary N) is 1. The van der Waals surface area contributed by atoms with Gasteiger partial charge in [-0.3, -0.25) is 0 Å². The predicted octanol–water partition coefficient (Wildman–Crippen LogP) is 3.27. The van der Waals surface area contributed by atoms with Gasteiger partial charge in [0.05, 0.1) is 6.26 Å². The van der Waals surface area contributed by atoms with Crippen molar-refractivity contribution in [2.75, 3.05) is 0 Å². The molecule has 1 unspecified atom stereocenters. The Hall–Kier alpha value is -2.40. The Morgan fingerprint density at radius 2 is 2.00 bits per heavy atom. The highest BCUT2D eigenvalue weighted by atomic mass is 16.5. The minimum atomic E-state index is -0.0353. The molecule has 5 nitrogen and oxygen atoms in total. The standard InChI is InChI=1S/C16H17N3O2/c1-11-9-10-20-15(11)16-18-14(21-19-16)8-7-13(17)12-5-3-2-4-6-12/h2-6,9-10,13H,7-8,17H2,1H3. The number of furan rings is 1. The fourth-order valence-electron chi connectivity index (χ4n) is 2.20. The zero-order valence-corrected chi connectivity index (χ0v) is 11.8. The van der Waals surface area contributed by atoms with Gasteiger partial charge in [-0.25, -0.2) is 0 Å². The molecule has 0 aliphatic carbocycles. The molecule has 0 aliphatic heterocycles. The van der Waals surface area contributed by atoms with E-state index in [0.717, 1.165) is 17.5 Å². The SMILES string of the molecule is Cc1ccoc1-c1noc(CCC(N)c2ccccc2)n1. The number of benzene rings is 1. The molecule has 0 bridgehead atoms. The molecule has 108 valence electrons. The summed E-state index contributed by atoms with van der Waals surface area (Å²) in [5.41, 5.74) is 8.26. The normalized spacial score (nSPS) is 12.5. The van der Waals surface area contributed by atoms with Gasteiger partial charge in [-0.15, -0.1) is 0 Å². The van der Waals surface area contributed by atoms with Crippen molar-refractivity contribution in [1.82, 2.24) is 10.1 Å². The predicted molar refractivity (Wildman–Crippen MR) is 78.4 cm³/mol. The van der Waals surface area contributed by atoms with Crippen molar-refractivity contribution >= 4 is 0 Å². The van der Waals surface area contributed by atoms with Crippen molar-refractivity contribution in [3.8, 4) is 11.6 Å². The monoisotopic (exact) mass is 283 g/mol. The van der Waals surface area contributed by atoms with Gasteiger partial charge in [0.1, 0.15) is 0 Å². The van der Waals surface area contributed by atoms with Crippen LogP contribution in [0.2, 0.25) is 0 Å². The molecule has 2 N–H and O–H groups in total. The summed E-state index contributed by atoms with van der Waals surface area (Å²) in [5, 5.41) is 3.95. The van der Waals surface area contributed by atoms with E-state index in [4.69, 9.17) is 14.7 Å². The zero-order chi connectivity index (χ0) is 14.7. The Bertz CT molecular complexity index is 703. The van der Waals surface area contributed by atoms with Crippen LogP contribution in [0.4, 0.5) is 0 Å². The Morgan fingerprint density at radius 1 is 1.19 bits per heavy atom. The first-order chi connectivity index (χ1) is 10.2. The molecular weight excluding hydrogens is 266 g/mol. The van der Waals surface area contributed by atoms with Gasteiger partial charge in [0.25, 0.3) is 0 Å². The Balaban J connectivity index is 1.64. The Kier molecular flexibility index (Phi) is 3.83. The number of hydrogen-bond acceptors (Lipinski definition) is 5. The average molecular weight is 283 g/mol. The molecule has 0 saturated heterocycles. The van der Waals surface area contributed by atoms with Gasteiger partial charge in [0.2, 0.25) is 11.7 Å². The summed E-state index contributed by atoms with van der Waals surface area (Å²) >= 11 is 0. The van der Waals surface area contributed by atoms with E-state index in [1.54, 1.807) is 6.26 Å². The summed E-state index contributed by atoms with van der Waals surface area (Å²) in [6.45, 7) is 1.94. The van der Waals surface area contributed by atoms with Crippen LogP contribution < -0.4 is 5.73 Å². The van der Waals surface area contributed by atoms with Crippen molar-refractivity contribution < 1.29 is 8.94 Å². The van der Waals surface area contributed by atoms with Crippen molar-refractivity contribution in [3.63, 3.8) is 0 Å². The first-order valence-electron chi connectivity index (χ1n) is 6.91. The number of nitrogens with zero attached hydrogens (tertiary/aromatic N) is 2. The lowest BCUT2D eigenvalue weighted by atomic mass is 10.0. The maximum atomic E-state index is 6.16. The summed E-state index contributed by atoms with van der Waals surface area (Å²) in [4.78, 5) is 4.35. The van der Waals surface area contributed by atoms with Gasteiger partial charge in [-0.05, 0) is 30.5 Å². The van der Waals surface area contributed by atoms with Crippen LogP contribution in [0.15, 0.2) is 51.6 Å². The summed E-state index contributed by atoms with van der Waals surface area (Å²) in [7, 11) is 0. The average Bonchev–Trinajstić information content (AvgIpc) is 3.14. The maximum absolute atomic E-state index is 6.16. The third-order valence-electron chi connectivity index (χ3n) is 3.43. The van der Waals surface area contributed by atoms with Gasteiger partial charge >= 0.3 is 0 Å². The summed E-state index contributed by atoms with van der Waals surface area (Å²) < 4.78 is 10.6. The highest BCUT2D eigenvalue weighted by Crippen LogP contribution is 2.22. The highest BCUT2D eigenvalue weighted by Gasteiger charge is 2.15. The molecular formula is C16H17N3O2. The molecule has 3 rings (SSSR count). The molecule has 0 saturated carbocycles. The van der Waals surface area contributed by atoms with Crippen LogP contribution in [-0.4, -0.2) is 10.1 Å². The first-order valence-corrected chi connectivity index (χ1v) is 6.91. The zero-order valence-electron chi connectivity index (χ0n) is 11.8. The summed E-state index contributed by atoms with van der Waals surface area (Å²) in [6, 6.07) is 11.8. The second kappa shape index (κ2) is 5.93. The summed E-state index contributed by atoms with van der Waals surface area (Å²) in [5.74, 6) is 1.71. The molecule has 0 amide bonds. The minimum absolute atomic E-state index is 0.0353. The third-order valence-corrected chi connectivity index (χ3v) is 3.43. The molecule has 2 heterocycles. The molecule has 0 radical (unpaired) electrons. The molecule has 0 fully saturated rings. The largest absolute Gasteiger partial charge is 0.461 e. The van der Waals surface area contributed by atoms with E-state index < -0.39 is 0 Å².